The zero-order chi connectivity index (χ0) is 6.97. The molecule has 2 nitrogen and oxygen atoms in total. The third-order valence-corrected chi connectivity index (χ3v) is 1.51. The Hall–Kier alpha value is -1.31. The first-order valence-corrected chi connectivity index (χ1v) is 3.10. The van der Waals surface area contributed by atoms with E-state index in [4.69, 9.17) is 4.42 Å². The predicted molar refractivity (Wildman–Crippen MR) is 37.6 cm³/mol. The van der Waals surface area contributed by atoms with Crippen LogP contribution in [-0.4, -0.2) is 4.98 Å². The van der Waals surface area contributed by atoms with Gasteiger partial charge in [-0.3, -0.25) is 0 Å². The molecule has 1 aromatic heterocycles. The first-order valence-electron chi connectivity index (χ1n) is 3.10. The first kappa shape index (κ1) is 5.47. The third-order valence-electron chi connectivity index (χ3n) is 1.51. The molecule has 0 saturated carbocycles. The molecule has 2 heteroatoms. The number of hydrogen-bond donors (Lipinski definition) is 0. The molecule has 1 radical (unpaired) electrons. The molecule has 0 aliphatic rings. The molecule has 0 spiro atoms. The van der Waals surface area contributed by atoms with Crippen LogP contribution in [0.15, 0.2) is 22.6 Å². The van der Waals surface area contributed by atoms with Gasteiger partial charge in [-0.1, -0.05) is 12.1 Å². The van der Waals surface area contributed by atoms with Gasteiger partial charge >= 0.3 is 0 Å². The molecule has 1 aromatic carbocycles. The maximum absolute atomic E-state index is 4.96. The Labute approximate surface area is 58.5 Å². The minimum Gasteiger partial charge on any atom is -0.432 e. The Kier molecular flexibility index (Phi) is 1.01. The van der Waals surface area contributed by atoms with Gasteiger partial charge in [-0.05, 0) is 18.6 Å². The number of rotatable bonds is 0. The van der Waals surface area contributed by atoms with Crippen molar-refractivity contribution in [3.63, 3.8) is 0 Å². The maximum atomic E-state index is 4.96. The summed E-state index contributed by atoms with van der Waals surface area (Å²) in [6.07, 6.45) is 2.45. The molecule has 1 heterocycles. The van der Waals surface area contributed by atoms with E-state index in [1.54, 1.807) is 0 Å². The zero-order valence-electron chi connectivity index (χ0n) is 5.59. The van der Waals surface area contributed by atoms with E-state index in [0.717, 1.165) is 16.7 Å². The molecule has 2 aromatic rings. The summed E-state index contributed by atoms with van der Waals surface area (Å²) in [5.74, 6) is 0. The molecule has 0 fully saturated rings. The van der Waals surface area contributed by atoms with Crippen LogP contribution < -0.4 is 0 Å². The highest BCUT2D eigenvalue weighted by molar-refractivity contribution is 5.75. The summed E-state index contributed by atoms with van der Waals surface area (Å²) in [6.45, 7) is 2.00. The van der Waals surface area contributed by atoms with Crippen LogP contribution in [-0.2, 0) is 0 Å². The fourth-order valence-electron chi connectivity index (χ4n) is 0.975. The van der Waals surface area contributed by atoms with Gasteiger partial charge in [0.2, 0.25) is 0 Å². The molecule has 49 valence electrons. The Balaban J connectivity index is 2.95. The van der Waals surface area contributed by atoms with Crippen molar-refractivity contribution in [2.75, 3.05) is 0 Å². The molecular formula is C8H6NO. The fourth-order valence-corrected chi connectivity index (χ4v) is 0.975. The quantitative estimate of drug-likeness (QED) is 0.547. The smallest absolute Gasteiger partial charge is 0.284 e. The summed E-state index contributed by atoms with van der Waals surface area (Å²) >= 11 is 0. The van der Waals surface area contributed by atoms with Crippen molar-refractivity contribution in [1.82, 2.24) is 4.98 Å². The van der Waals surface area contributed by atoms with E-state index in [2.05, 4.69) is 11.4 Å². The average Bonchev–Trinajstić information content (AvgIpc) is 2.36. The number of para-hydroxylation sites is 1. The molecule has 10 heavy (non-hydrogen) atoms. The van der Waals surface area contributed by atoms with Crippen LogP contribution in [0.4, 0.5) is 0 Å². The summed E-state index contributed by atoms with van der Waals surface area (Å²) in [7, 11) is 0. The lowest BCUT2D eigenvalue weighted by Crippen LogP contribution is -1.72. The van der Waals surface area contributed by atoms with Gasteiger partial charge in [0.25, 0.3) is 6.39 Å². The molecule has 0 N–H and O–H groups in total. The van der Waals surface area contributed by atoms with Crippen molar-refractivity contribution in [1.29, 1.82) is 0 Å². The molecule has 0 aliphatic heterocycles. The Morgan fingerprint density at radius 2 is 2.40 bits per heavy atom. The van der Waals surface area contributed by atoms with Crippen LogP contribution in [0, 0.1) is 13.3 Å². The van der Waals surface area contributed by atoms with Crippen LogP contribution in [0.1, 0.15) is 5.56 Å². The van der Waals surface area contributed by atoms with E-state index in [-0.39, 0.29) is 0 Å². The van der Waals surface area contributed by atoms with E-state index in [9.17, 15) is 0 Å². The second-order valence-electron chi connectivity index (χ2n) is 2.23. The minimum absolute atomic E-state index is 0.806. The van der Waals surface area contributed by atoms with Gasteiger partial charge < -0.3 is 4.42 Å². The predicted octanol–water partition coefficient (Wildman–Crippen LogP) is 1.94. The molecule has 0 amide bonds. The topological polar surface area (TPSA) is 26.0 Å². The Morgan fingerprint density at radius 1 is 1.50 bits per heavy atom. The lowest BCUT2D eigenvalue weighted by atomic mass is 10.2. The summed E-state index contributed by atoms with van der Waals surface area (Å²) < 4.78 is 4.96. The molecule has 0 aliphatic carbocycles. The molecule has 0 bridgehead atoms. The normalized spacial score (nSPS) is 10.5. The molecular weight excluding hydrogens is 126 g/mol. The van der Waals surface area contributed by atoms with Crippen LogP contribution >= 0.6 is 0 Å². The van der Waals surface area contributed by atoms with Gasteiger partial charge in [-0.2, -0.15) is 0 Å². The standard InChI is InChI=1S/C8H6NO/c1-6-3-2-4-7-8(6)9-5-10-7/h2-4H,1H3. The van der Waals surface area contributed by atoms with E-state index in [0.29, 0.717) is 0 Å². The lowest BCUT2D eigenvalue weighted by molar-refractivity contribution is 0.591. The second-order valence-corrected chi connectivity index (χ2v) is 2.23. The molecule has 0 atom stereocenters. The second kappa shape index (κ2) is 1.84. The van der Waals surface area contributed by atoms with Crippen LogP contribution in [0.5, 0.6) is 0 Å². The first-order chi connectivity index (χ1) is 4.88. The van der Waals surface area contributed by atoms with Crippen molar-refractivity contribution in [2.45, 2.75) is 6.92 Å². The highest BCUT2D eigenvalue weighted by Crippen LogP contribution is 2.14. The number of nitrogens with zero attached hydrogens (tertiary/aromatic N) is 1. The van der Waals surface area contributed by atoms with Crippen molar-refractivity contribution >= 4 is 11.1 Å². The number of oxazole rings is 1. The van der Waals surface area contributed by atoms with Crippen LogP contribution in [0.2, 0.25) is 0 Å². The van der Waals surface area contributed by atoms with Gasteiger partial charge in [0.1, 0.15) is 5.52 Å². The van der Waals surface area contributed by atoms with Crippen LogP contribution in [0.25, 0.3) is 11.1 Å². The zero-order valence-corrected chi connectivity index (χ0v) is 5.59. The Morgan fingerprint density at radius 3 is 3.20 bits per heavy atom. The van der Waals surface area contributed by atoms with E-state index in [1.165, 1.54) is 0 Å². The number of hydrogen-bond acceptors (Lipinski definition) is 2. The average molecular weight is 132 g/mol. The van der Waals surface area contributed by atoms with Crippen molar-refractivity contribution in [3.05, 3.63) is 30.2 Å². The highest BCUT2D eigenvalue weighted by atomic mass is 16.3. The van der Waals surface area contributed by atoms with Gasteiger partial charge in [0.15, 0.2) is 5.58 Å². The van der Waals surface area contributed by atoms with Gasteiger partial charge in [-0.25, -0.2) is 4.98 Å². The number of benzene rings is 1. The van der Waals surface area contributed by atoms with Gasteiger partial charge in [0.05, 0.1) is 0 Å². The number of aromatic nitrogens is 1. The molecule has 0 unspecified atom stereocenters. The molecule has 2 rings (SSSR count). The largest absolute Gasteiger partial charge is 0.432 e. The summed E-state index contributed by atoms with van der Waals surface area (Å²) in [6, 6.07) is 5.82. The summed E-state index contributed by atoms with van der Waals surface area (Å²) in [5, 5.41) is 0. The van der Waals surface area contributed by atoms with Crippen molar-refractivity contribution < 1.29 is 4.42 Å². The highest BCUT2D eigenvalue weighted by Gasteiger charge is 1.98. The lowest BCUT2D eigenvalue weighted by Gasteiger charge is -1.88. The third kappa shape index (κ3) is 0.620. The maximum Gasteiger partial charge on any atom is 0.284 e. The van der Waals surface area contributed by atoms with Crippen LogP contribution in [0.3, 0.4) is 0 Å². The van der Waals surface area contributed by atoms with Crippen molar-refractivity contribution in [3.8, 4) is 0 Å². The van der Waals surface area contributed by atoms with Crippen molar-refractivity contribution in [2.24, 2.45) is 0 Å². The summed E-state index contributed by atoms with van der Waals surface area (Å²) in [5.41, 5.74) is 2.84. The van der Waals surface area contributed by atoms with E-state index in [1.807, 2.05) is 25.1 Å². The monoisotopic (exact) mass is 132 g/mol. The minimum atomic E-state index is 0.806. The van der Waals surface area contributed by atoms with Gasteiger partial charge in [0, 0.05) is 0 Å². The van der Waals surface area contributed by atoms with E-state index < -0.39 is 0 Å². The number of aryl methyl sites for hydroxylation is 1. The Bertz CT molecular complexity index is 351. The molecule has 0 saturated heterocycles. The van der Waals surface area contributed by atoms with Gasteiger partial charge in [-0.15, -0.1) is 0 Å². The summed E-state index contributed by atoms with van der Waals surface area (Å²) in [4.78, 5) is 3.93. The number of fused-ring (bicyclic) bond motifs is 1. The SMILES string of the molecule is Cc1cccc2o[c]nc12. The van der Waals surface area contributed by atoms with E-state index >= 15 is 0 Å². The fraction of sp³-hybridized carbons (Fsp3) is 0.125.